The maximum absolute atomic E-state index is 12.3. The fraction of sp³-hybridized carbons (Fsp3) is 0.0909. The smallest absolute Gasteiger partial charge is 0.255 e. The van der Waals surface area contributed by atoms with E-state index in [2.05, 4.69) is 20.3 Å². The number of hydrogen-bond acceptors (Lipinski definition) is 5. The van der Waals surface area contributed by atoms with Gasteiger partial charge in [-0.05, 0) is 62.4 Å². The van der Waals surface area contributed by atoms with Crippen LogP contribution in [0.25, 0.3) is 5.82 Å². The van der Waals surface area contributed by atoms with Gasteiger partial charge in [0.2, 0.25) is 5.88 Å². The van der Waals surface area contributed by atoms with Crippen LogP contribution in [0.3, 0.4) is 0 Å². The summed E-state index contributed by atoms with van der Waals surface area (Å²) >= 11 is 5.86. The molecule has 0 saturated heterocycles. The molecule has 7 nitrogen and oxygen atoms in total. The van der Waals surface area contributed by atoms with Crippen molar-refractivity contribution in [3.05, 3.63) is 89.2 Å². The summed E-state index contributed by atoms with van der Waals surface area (Å²) in [7, 11) is 0. The molecule has 4 rings (SSSR count). The molecular weight excluding hydrogens is 402 g/mol. The van der Waals surface area contributed by atoms with Gasteiger partial charge in [0, 0.05) is 34.7 Å². The van der Waals surface area contributed by atoms with Crippen LogP contribution in [0, 0.1) is 13.8 Å². The van der Waals surface area contributed by atoms with Gasteiger partial charge in [0.15, 0.2) is 0 Å². The van der Waals surface area contributed by atoms with E-state index >= 15 is 0 Å². The number of imidazole rings is 1. The Kier molecular flexibility index (Phi) is 5.45. The van der Waals surface area contributed by atoms with Crippen LogP contribution in [0.1, 0.15) is 22.0 Å². The SMILES string of the molecule is Cc1nc(Oc2ccc(NC(=O)c3ccc(Cl)cc3)cc2)cc(-n2ccnc2C)n1. The predicted molar refractivity (Wildman–Crippen MR) is 115 cm³/mol. The summed E-state index contributed by atoms with van der Waals surface area (Å²) in [5, 5.41) is 3.42. The molecule has 4 aromatic rings. The lowest BCUT2D eigenvalue weighted by Crippen LogP contribution is -2.11. The third-order valence-corrected chi connectivity index (χ3v) is 4.57. The molecule has 1 N–H and O–H groups in total. The van der Waals surface area contributed by atoms with Gasteiger partial charge >= 0.3 is 0 Å². The maximum Gasteiger partial charge on any atom is 0.255 e. The molecule has 0 bridgehead atoms. The van der Waals surface area contributed by atoms with E-state index < -0.39 is 0 Å². The number of carbonyl (C=O) groups is 1. The van der Waals surface area contributed by atoms with Gasteiger partial charge in [-0.1, -0.05) is 11.6 Å². The van der Waals surface area contributed by atoms with Crippen molar-refractivity contribution in [1.82, 2.24) is 19.5 Å². The molecule has 1 amide bonds. The molecule has 0 aliphatic carbocycles. The topological polar surface area (TPSA) is 81.9 Å². The summed E-state index contributed by atoms with van der Waals surface area (Å²) in [4.78, 5) is 25.3. The van der Waals surface area contributed by atoms with Crippen LogP contribution in [0.4, 0.5) is 5.69 Å². The molecule has 0 saturated carbocycles. The molecule has 0 unspecified atom stereocenters. The van der Waals surface area contributed by atoms with E-state index in [0.717, 1.165) is 5.82 Å². The molecule has 2 heterocycles. The molecule has 8 heteroatoms. The molecule has 0 fully saturated rings. The van der Waals surface area contributed by atoms with Crippen LogP contribution in [0.5, 0.6) is 11.6 Å². The molecule has 0 aliphatic rings. The number of nitrogens with zero attached hydrogens (tertiary/aromatic N) is 4. The number of hydrogen-bond donors (Lipinski definition) is 1. The summed E-state index contributed by atoms with van der Waals surface area (Å²) in [6.07, 6.45) is 3.55. The molecular formula is C22H18ClN5O2. The van der Waals surface area contributed by atoms with Gasteiger partial charge in [-0.15, -0.1) is 0 Å². The summed E-state index contributed by atoms with van der Waals surface area (Å²) in [5.74, 6) is 2.88. The summed E-state index contributed by atoms with van der Waals surface area (Å²) in [5.41, 5.74) is 1.18. The average Bonchev–Trinajstić information content (AvgIpc) is 3.15. The highest BCUT2D eigenvalue weighted by Crippen LogP contribution is 2.24. The Balaban J connectivity index is 1.47. The molecule has 0 atom stereocenters. The standard InChI is InChI=1S/C22H18ClN5O2/c1-14-25-20(28-12-11-24-15(28)2)13-21(26-14)30-19-9-7-18(8-10-19)27-22(29)16-3-5-17(23)6-4-16/h3-13H,1-2H3,(H,27,29). The number of aromatic nitrogens is 4. The Morgan fingerprint density at radius 2 is 1.77 bits per heavy atom. The number of halogens is 1. The zero-order valence-corrected chi connectivity index (χ0v) is 17.1. The third kappa shape index (κ3) is 4.47. The Labute approximate surface area is 178 Å². The van der Waals surface area contributed by atoms with Crippen molar-refractivity contribution in [2.24, 2.45) is 0 Å². The Morgan fingerprint density at radius 1 is 1.03 bits per heavy atom. The van der Waals surface area contributed by atoms with E-state index in [9.17, 15) is 4.79 Å². The lowest BCUT2D eigenvalue weighted by atomic mass is 10.2. The zero-order chi connectivity index (χ0) is 21.1. The Hall–Kier alpha value is -3.71. The quantitative estimate of drug-likeness (QED) is 0.493. The summed E-state index contributed by atoms with van der Waals surface area (Å²) in [6, 6.07) is 15.5. The first kappa shape index (κ1) is 19.6. The molecule has 2 aromatic heterocycles. The van der Waals surface area contributed by atoms with E-state index in [1.807, 2.05) is 17.7 Å². The van der Waals surface area contributed by atoms with Gasteiger partial charge < -0.3 is 10.1 Å². The minimum Gasteiger partial charge on any atom is -0.439 e. The predicted octanol–water partition coefficient (Wildman–Crippen LogP) is 4.98. The van der Waals surface area contributed by atoms with Crippen molar-refractivity contribution in [2.45, 2.75) is 13.8 Å². The Bertz CT molecular complexity index is 1190. The number of nitrogens with one attached hydrogen (secondary N) is 1. The van der Waals surface area contributed by atoms with E-state index in [1.165, 1.54) is 0 Å². The van der Waals surface area contributed by atoms with Crippen molar-refractivity contribution in [3.8, 4) is 17.4 Å². The lowest BCUT2D eigenvalue weighted by Gasteiger charge is -2.10. The summed E-state index contributed by atoms with van der Waals surface area (Å²) < 4.78 is 7.74. The number of amides is 1. The highest BCUT2D eigenvalue weighted by Gasteiger charge is 2.09. The lowest BCUT2D eigenvalue weighted by molar-refractivity contribution is 0.102. The van der Waals surface area contributed by atoms with Gasteiger partial charge in [0.25, 0.3) is 5.91 Å². The van der Waals surface area contributed by atoms with Crippen molar-refractivity contribution in [1.29, 1.82) is 0 Å². The highest BCUT2D eigenvalue weighted by molar-refractivity contribution is 6.30. The molecule has 0 spiro atoms. The molecule has 30 heavy (non-hydrogen) atoms. The minimum absolute atomic E-state index is 0.216. The number of aryl methyl sites for hydroxylation is 2. The number of anilines is 1. The first-order valence-electron chi connectivity index (χ1n) is 9.19. The van der Waals surface area contributed by atoms with E-state index in [4.69, 9.17) is 16.3 Å². The second-order valence-electron chi connectivity index (χ2n) is 6.54. The number of carbonyl (C=O) groups excluding carboxylic acids is 1. The van der Waals surface area contributed by atoms with Crippen LogP contribution in [-0.4, -0.2) is 25.4 Å². The first-order valence-corrected chi connectivity index (χ1v) is 9.56. The fourth-order valence-electron chi connectivity index (χ4n) is 2.85. The van der Waals surface area contributed by atoms with Gasteiger partial charge in [-0.3, -0.25) is 9.36 Å². The second kappa shape index (κ2) is 8.34. The molecule has 0 radical (unpaired) electrons. The van der Waals surface area contributed by atoms with Crippen LogP contribution in [0.2, 0.25) is 5.02 Å². The largest absolute Gasteiger partial charge is 0.439 e. The van der Waals surface area contributed by atoms with Crippen molar-refractivity contribution in [3.63, 3.8) is 0 Å². The fourth-order valence-corrected chi connectivity index (χ4v) is 2.98. The maximum atomic E-state index is 12.3. The van der Waals surface area contributed by atoms with E-state index in [1.54, 1.807) is 67.7 Å². The summed E-state index contributed by atoms with van der Waals surface area (Å²) in [6.45, 7) is 3.70. The van der Waals surface area contributed by atoms with E-state index in [-0.39, 0.29) is 5.91 Å². The normalized spacial score (nSPS) is 10.6. The Morgan fingerprint density at radius 3 is 2.43 bits per heavy atom. The molecule has 150 valence electrons. The highest BCUT2D eigenvalue weighted by atomic mass is 35.5. The average molecular weight is 420 g/mol. The minimum atomic E-state index is -0.216. The monoisotopic (exact) mass is 419 g/mol. The number of ether oxygens (including phenoxy) is 1. The van der Waals surface area contributed by atoms with Crippen LogP contribution < -0.4 is 10.1 Å². The van der Waals surface area contributed by atoms with Gasteiger partial charge in [0.1, 0.15) is 23.2 Å². The van der Waals surface area contributed by atoms with Gasteiger partial charge in [-0.2, -0.15) is 4.98 Å². The van der Waals surface area contributed by atoms with Crippen LogP contribution in [-0.2, 0) is 0 Å². The van der Waals surface area contributed by atoms with Crippen LogP contribution >= 0.6 is 11.6 Å². The molecule has 0 aliphatic heterocycles. The van der Waals surface area contributed by atoms with E-state index in [0.29, 0.717) is 39.5 Å². The second-order valence-corrected chi connectivity index (χ2v) is 6.98. The number of benzene rings is 2. The van der Waals surface area contributed by atoms with Crippen molar-refractivity contribution in [2.75, 3.05) is 5.32 Å². The van der Waals surface area contributed by atoms with Crippen molar-refractivity contribution < 1.29 is 9.53 Å². The number of rotatable bonds is 5. The first-order chi connectivity index (χ1) is 14.5. The third-order valence-electron chi connectivity index (χ3n) is 4.31. The van der Waals surface area contributed by atoms with Gasteiger partial charge in [0.05, 0.1) is 0 Å². The zero-order valence-electron chi connectivity index (χ0n) is 16.3. The van der Waals surface area contributed by atoms with Crippen LogP contribution in [0.15, 0.2) is 67.0 Å². The molecule has 2 aromatic carbocycles. The van der Waals surface area contributed by atoms with Crippen molar-refractivity contribution >= 4 is 23.2 Å². The van der Waals surface area contributed by atoms with Gasteiger partial charge in [-0.25, -0.2) is 9.97 Å².